The van der Waals surface area contributed by atoms with Gasteiger partial charge in [0.1, 0.15) is 24.3 Å². The molecule has 15 heteroatoms. The van der Waals surface area contributed by atoms with E-state index < -0.39 is 71.2 Å². The molecule has 3 aliphatic heterocycles. The first-order valence-electron chi connectivity index (χ1n) is 15.6. The maximum absolute atomic E-state index is 13.5. The summed E-state index contributed by atoms with van der Waals surface area (Å²) in [7, 11) is 1.35. The Labute approximate surface area is 297 Å². The molecule has 4 aliphatic rings. The van der Waals surface area contributed by atoms with Crippen LogP contribution in [0.1, 0.15) is 83.0 Å². The van der Waals surface area contributed by atoms with Crippen LogP contribution in [0.5, 0.6) is 23.0 Å². The second kappa shape index (κ2) is 18.3. The molecule has 6 rings (SSSR count). The number of phenols is 2. The van der Waals surface area contributed by atoms with Crippen molar-refractivity contribution in [2.24, 2.45) is 5.18 Å². The Morgan fingerprint density at radius 3 is 2.39 bits per heavy atom. The first kappa shape index (κ1) is 39.7. The number of Topliss-reactive ketones (excluding diaryl/α,β-unsaturated/α-hetero) is 1. The fourth-order valence-corrected chi connectivity index (χ4v) is 5.51. The number of ether oxygens (including phenoxy) is 5. The van der Waals surface area contributed by atoms with Crippen LogP contribution < -0.4 is 14.8 Å². The van der Waals surface area contributed by atoms with Gasteiger partial charge in [0.05, 0.1) is 48.7 Å². The standard InChI is InChI=1S/C25H23NO10.C5H9.C4H9NO2.Os/c1-33-13-6-4-5-11-17(13)22(29)20-19(21(11)28)24(31)25-18(23(20)30)15(35-16-7-2-3-8-34-16)9-14(36-25)12(27)10-26-32;1-4-5(2)3;6-4-3-7-2-1-5-4;/h4-6,14-16,30-31H,2-3,7-10H2,1H3;4H,2H2,1,3H3;4-6H,1-3H2;/q;-1;;+1/b;5-4-;;. The second-order valence-corrected chi connectivity index (χ2v) is 11.4. The quantitative estimate of drug-likeness (QED) is 0.159. The van der Waals surface area contributed by atoms with E-state index in [1.807, 2.05) is 19.9 Å². The number of morpholine rings is 1. The van der Waals surface area contributed by atoms with Gasteiger partial charge in [-0.05, 0) is 25.3 Å². The van der Waals surface area contributed by atoms with Gasteiger partial charge in [0, 0.05) is 25.1 Å². The van der Waals surface area contributed by atoms with E-state index in [0.29, 0.717) is 19.6 Å². The summed E-state index contributed by atoms with van der Waals surface area (Å²) in [5.74, 6) is -3.65. The van der Waals surface area contributed by atoms with Gasteiger partial charge in [-0.2, -0.15) is 4.91 Å². The van der Waals surface area contributed by atoms with Crippen molar-refractivity contribution in [3.05, 3.63) is 69.5 Å². The van der Waals surface area contributed by atoms with Crippen LogP contribution in [0.4, 0.5) is 0 Å². The number of ketones is 3. The Morgan fingerprint density at radius 2 is 1.84 bits per heavy atom. The van der Waals surface area contributed by atoms with Gasteiger partial charge in [-0.25, -0.2) is 18.6 Å². The molecule has 0 saturated carbocycles. The van der Waals surface area contributed by atoms with Crippen LogP contribution in [0.15, 0.2) is 35.0 Å². The average molecular weight is 860 g/mol. The van der Waals surface area contributed by atoms with Gasteiger partial charge in [-0.15, -0.1) is 6.92 Å². The Kier molecular flexibility index (Phi) is 14.9. The molecule has 4 N–H and O–H groups in total. The number of phenolic OH excluding ortho intramolecular Hbond substituents is 2. The van der Waals surface area contributed by atoms with Gasteiger partial charge in [0.2, 0.25) is 5.78 Å². The summed E-state index contributed by atoms with van der Waals surface area (Å²) in [6, 6.07) is 4.44. The van der Waals surface area contributed by atoms with Crippen LogP contribution in [0.3, 0.4) is 0 Å². The molecule has 0 bridgehead atoms. The molecular formula is C34H41N2O12Os. The number of fused-ring (bicyclic) bond motifs is 3. The van der Waals surface area contributed by atoms with Crippen LogP contribution >= 0.6 is 0 Å². The number of nitrogens with one attached hydrogen (secondary N) is 1. The van der Waals surface area contributed by atoms with E-state index in [-0.39, 0.29) is 54.4 Å². The molecule has 0 amide bonds. The molecule has 49 heavy (non-hydrogen) atoms. The molecule has 267 valence electrons. The van der Waals surface area contributed by atoms with Crippen molar-refractivity contribution >= 4 is 17.3 Å². The Bertz CT molecular complexity index is 1550. The molecule has 2 fully saturated rings. The number of methoxy groups -OCH3 is 1. The van der Waals surface area contributed by atoms with Crippen LogP contribution in [0, 0.1) is 11.8 Å². The fraction of sp³-hybridized carbons (Fsp3) is 0.471. The second-order valence-electron chi connectivity index (χ2n) is 11.4. The van der Waals surface area contributed by atoms with Crippen molar-refractivity contribution in [1.29, 1.82) is 0 Å². The van der Waals surface area contributed by atoms with Crippen LogP contribution in [-0.2, 0) is 38.8 Å². The number of hydrogen-bond acceptors (Lipinski definition) is 14. The largest absolute Gasteiger partial charge is 1.00 e. The van der Waals surface area contributed by atoms with E-state index in [2.05, 4.69) is 17.4 Å². The number of nitroso groups, excluding NO2 is 1. The Balaban J connectivity index is 0.000000425. The minimum Gasteiger partial charge on any atom is -0.507 e. The number of rotatable bonds is 6. The summed E-state index contributed by atoms with van der Waals surface area (Å²) >= 11 is 0. The summed E-state index contributed by atoms with van der Waals surface area (Å²) in [6.07, 6.45) is 0.705. The third-order valence-corrected chi connectivity index (χ3v) is 8.05. The van der Waals surface area contributed by atoms with Crippen molar-refractivity contribution in [1.82, 2.24) is 5.32 Å². The van der Waals surface area contributed by atoms with Crippen LogP contribution in [0.2, 0.25) is 0 Å². The molecular weight excluding hydrogens is 819 g/mol. The number of carbonyl (C=O) groups excluding carboxylic acids is 3. The van der Waals surface area contributed by atoms with Gasteiger partial charge in [-0.1, -0.05) is 24.2 Å². The molecule has 2 saturated heterocycles. The summed E-state index contributed by atoms with van der Waals surface area (Å²) < 4.78 is 27.5. The molecule has 0 spiro atoms. The summed E-state index contributed by atoms with van der Waals surface area (Å²) in [4.78, 5) is 50.1. The first-order chi connectivity index (χ1) is 23.0. The van der Waals surface area contributed by atoms with Crippen molar-refractivity contribution in [3.8, 4) is 23.0 Å². The summed E-state index contributed by atoms with van der Waals surface area (Å²) in [6.45, 7) is 9.27. The first-order valence-corrected chi connectivity index (χ1v) is 15.6. The number of allylic oxidation sites excluding steroid dienone is 2. The van der Waals surface area contributed by atoms with Gasteiger partial charge >= 0.3 is 19.8 Å². The van der Waals surface area contributed by atoms with E-state index in [1.165, 1.54) is 25.3 Å². The van der Waals surface area contributed by atoms with Gasteiger partial charge < -0.3 is 39.0 Å². The van der Waals surface area contributed by atoms with Crippen molar-refractivity contribution in [2.45, 2.75) is 64.3 Å². The predicted molar refractivity (Wildman–Crippen MR) is 171 cm³/mol. The Hall–Kier alpha value is -3.70. The molecule has 2 aromatic carbocycles. The molecule has 4 atom stereocenters. The molecule has 4 unspecified atom stereocenters. The maximum atomic E-state index is 13.5. The smallest absolute Gasteiger partial charge is 0.507 e. The van der Waals surface area contributed by atoms with Gasteiger partial charge in [-0.3, -0.25) is 19.7 Å². The van der Waals surface area contributed by atoms with E-state index in [9.17, 15) is 29.5 Å². The van der Waals surface area contributed by atoms with E-state index >= 15 is 0 Å². The Morgan fingerprint density at radius 1 is 1.12 bits per heavy atom. The van der Waals surface area contributed by atoms with Crippen molar-refractivity contribution < 1.29 is 73.2 Å². The molecule has 3 heterocycles. The number of hydrogen-bond donors (Lipinski definition) is 4. The van der Waals surface area contributed by atoms with Crippen molar-refractivity contribution in [3.63, 3.8) is 0 Å². The molecule has 0 aromatic heterocycles. The van der Waals surface area contributed by atoms with E-state index in [0.717, 1.165) is 31.6 Å². The monoisotopic (exact) mass is 861 g/mol. The fourth-order valence-electron chi connectivity index (χ4n) is 5.51. The topological polar surface area (TPSA) is 200 Å². The van der Waals surface area contributed by atoms with Crippen molar-refractivity contribution in [2.75, 3.05) is 40.0 Å². The third kappa shape index (κ3) is 9.10. The number of carbonyl (C=O) groups is 3. The maximum Gasteiger partial charge on any atom is 1.00 e. The average Bonchev–Trinajstić information content (AvgIpc) is 3.09. The van der Waals surface area contributed by atoms with Gasteiger partial charge in [0.25, 0.3) is 0 Å². The minimum atomic E-state index is -1.24. The normalized spacial score (nSPS) is 22.6. The zero-order chi connectivity index (χ0) is 35.0. The number of benzene rings is 2. The molecule has 2 aromatic rings. The number of aliphatic hydroxyl groups excluding tert-OH is 1. The van der Waals surface area contributed by atoms with Gasteiger partial charge in [0.15, 0.2) is 35.5 Å². The zero-order valence-corrected chi connectivity index (χ0v) is 30.0. The molecule has 14 nitrogen and oxygen atoms in total. The third-order valence-electron chi connectivity index (χ3n) is 8.05. The number of aromatic hydroxyl groups is 2. The minimum absolute atomic E-state index is 0. The number of nitrogens with zero attached hydrogens (tertiary/aromatic N) is 1. The zero-order valence-electron chi connectivity index (χ0n) is 27.5. The number of aliphatic hydroxyl groups is 1. The SMILES string of the molecule is COc1cccc2c1C(=O)c1c(O)c3c(c(O)c1C2=O)OC(C(=O)CN=O)CC3OC1CCCCO1.OC1COCCN1.[CH2-]/C(C)=C/C.[Os+]. The predicted octanol–water partition coefficient (Wildman–Crippen LogP) is 3.66. The van der Waals surface area contributed by atoms with Crippen LogP contribution in [-0.4, -0.2) is 91.3 Å². The molecule has 1 radical (unpaired) electrons. The van der Waals surface area contributed by atoms with E-state index in [1.54, 1.807) is 0 Å². The summed E-state index contributed by atoms with van der Waals surface area (Å²) in [5.41, 5.74) is 0.134. The van der Waals surface area contributed by atoms with E-state index in [4.69, 9.17) is 28.8 Å². The summed E-state index contributed by atoms with van der Waals surface area (Å²) in [5, 5.41) is 36.6. The molecule has 1 aliphatic carbocycles. The van der Waals surface area contributed by atoms with Crippen LogP contribution in [0.25, 0.3) is 0 Å².